The highest BCUT2D eigenvalue weighted by Crippen LogP contribution is 2.50. The molecule has 1 aliphatic rings. The first-order valence-electron chi connectivity index (χ1n) is 7.34. The number of rotatable bonds is 4. The van der Waals surface area contributed by atoms with Crippen LogP contribution in [0.3, 0.4) is 0 Å². The van der Waals surface area contributed by atoms with Crippen molar-refractivity contribution in [3.63, 3.8) is 0 Å². The molecule has 0 aliphatic heterocycles. The standard InChI is InChI=1S/C17H14BrF3N2O/c18-10-5-7-11(8-6-10)22-23-16(24)14-9-13(14)12-3-1-2-4-15(12)17(19,20)21/h1-8,13-14,22H,9H2,(H,23,24)/t13-,14-/m0/s1. The Labute approximate surface area is 145 Å². The van der Waals surface area contributed by atoms with Crippen molar-refractivity contribution in [3.05, 3.63) is 64.1 Å². The number of hydrogen-bond donors (Lipinski definition) is 2. The third-order valence-corrected chi connectivity index (χ3v) is 4.50. The molecular formula is C17H14BrF3N2O. The second kappa shape index (κ2) is 6.47. The lowest BCUT2D eigenvalue weighted by atomic mass is 10.0. The van der Waals surface area contributed by atoms with Crippen LogP contribution in [0.2, 0.25) is 0 Å². The number of nitrogens with one attached hydrogen (secondary N) is 2. The van der Waals surface area contributed by atoms with Crippen molar-refractivity contribution in [1.82, 2.24) is 5.43 Å². The monoisotopic (exact) mass is 398 g/mol. The Hall–Kier alpha value is -2.02. The first-order valence-corrected chi connectivity index (χ1v) is 8.13. The van der Waals surface area contributed by atoms with Gasteiger partial charge in [0.25, 0.3) is 0 Å². The Morgan fingerprint density at radius 2 is 1.75 bits per heavy atom. The normalized spacial score (nSPS) is 19.7. The summed E-state index contributed by atoms with van der Waals surface area (Å²) < 4.78 is 40.1. The highest BCUT2D eigenvalue weighted by atomic mass is 79.9. The van der Waals surface area contributed by atoms with E-state index in [0.29, 0.717) is 12.1 Å². The maximum Gasteiger partial charge on any atom is 0.416 e. The van der Waals surface area contributed by atoms with Crippen LogP contribution >= 0.6 is 15.9 Å². The van der Waals surface area contributed by atoms with Crippen LogP contribution in [-0.4, -0.2) is 5.91 Å². The molecule has 3 nitrogen and oxygen atoms in total. The molecule has 0 heterocycles. The van der Waals surface area contributed by atoms with E-state index in [1.165, 1.54) is 12.1 Å². The van der Waals surface area contributed by atoms with Crippen molar-refractivity contribution >= 4 is 27.5 Å². The molecule has 2 aromatic rings. The number of hydrogen-bond acceptors (Lipinski definition) is 2. The number of benzene rings is 2. The summed E-state index contributed by atoms with van der Waals surface area (Å²) in [6, 6.07) is 12.6. The number of alkyl halides is 3. The molecule has 1 aliphatic carbocycles. The van der Waals surface area contributed by atoms with Crippen LogP contribution in [0.4, 0.5) is 18.9 Å². The molecule has 2 atom stereocenters. The fraction of sp³-hybridized carbons (Fsp3) is 0.235. The molecule has 0 spiro atoms. The third kappa shape index (κ3) is 3.72. The molecule has 1 fully saturated rings. The Morgan fingerprint density at radius 1 is 1.08 bits per heavy atom. The lowest BCUT2D eigenvalue weighted by Gasteiger charge is -2.13. The molecular weight excluding hydrogens is 385 g/mol. The quantitative estimate of drug-likeness (QED) is 0.731. The zero-order chi connectivity index (χ0) is 17.3. The highest BCUT2D eigenvalue weighted by molar-refractivity contribution is 9.10. The Bertz CT molecular complexity index is 746. The van der Waals surface area contributed by atoms with Crippen LogP contribution in [0, 0.1) is 5.92 Å². The molecule has 24 heavy (non-hydrogen) atoms. The van der Waals surface area contributed by atoms with Gasteiger partial charge in [-0.1, -0.05) is 34.1 Å². The van der Waals surface area contributed by atoms with Crippen LogP contribution in [0.5, 0.6) is 0 Å². The fourth-order valence-electron chi connectivity index (χ4n) is 2.67. The average molecular weight is 399 g/mol. The zero-order valence-electron chi connectivity index (χ0n) is 12.4. The van der Waals surface area contributed by atoms with Crippen molar-refractivity contribution in [2.45, 2.75) is 18.5 Å². The van der Waals surface area contributed by atoms with Gasteiger partial charge in [0.05, 0.1) is 11.3 Å². The summed E-state index contributed by atoms with van der Waals surface area (Å²) in [7, 11) is 0. The smallest absolute Gasteiger partial charge is 0.299 e. The minimum Gasteiger partial charge on any atom is -0.299 e. The van der Waals surface area contributed by atoms with Gasteiger partial charge < -0.3 is 0 Å². The van der Waals surface area contributed by atoms with E-state index in [4.69, 9.17) is 0 Å². The van der Waals surface area contributed by atoms with Gasteiger partial charge in [0.1, 0.15) is 0 Å². The van der Waals surface area contributed by atoms with Crippen molar-refractivity contribution in [2.75, 3.05) is 5.43 Å². The fourth-order valence-corrected chi connectivity index (χ4v) is 2.93. The summed E-state index contributed by atoms with van der Waals surface area (Å²) in [5, 5.41) is 0. The van der Waals surface area contributed by atoms with Crippen LogP contribution in [0.25, 0.3) is 0 Å². The van der Waals surface area contributed by atoms with E-state index in [9.17, 15) is 18.0 Å². The van der Waals surface area contributed by atoms with Crippen molar-refractivity contribution in [3.8, 4) is 0 Å². The highest BCUT2D eigenvalue weighted by Gasteiger charge is 2.47. The first-order chi connectivity index (χ1) is 11.4. The van der Waals surface area contributed by atoms with E-state index < -0.39 is 23.6 Å². The summed E-state index contributed by atoms with van der Waals surface area (Å²) in [5.74, 6) is -1.15. The van der Waals surface area contributed by atoms with Crippen LogP contribution in [0.15, 0.2) is 53.0 Å². The van der Waals surface area contributed by atoms with Crippen molar-refractivity contribution < 1.29 is 18.0 Å². The van der Waals surface area contributed by atoms with E-state index in [2.05, 4.69) is 26.8 Å². The number of halogens is 4. The van der Waals surface area contributed by atoms with Gasteiger partial charge in [0.15, 0.2) is 0 Å². The molecule has 126 valence electrons. The molecule has 1 amide bonds. The minimum absolute atomic E-state index is 0.189. The zero-order valence-corrected chi connectivity index (χ0v) is 14.0. The Morgan fingerprint density at radius 3 is 2.42 bits per heavy atom. The predicted molar refractivity (Wildman–Crippen MR) is 88.2 cm³/mol. The second-order valence-electron chi connectivity index (χ2n) is 5.65. The van der Waals surface area contributed by atoms with E-state index in [1.807, 2.05) is 12.1 Å². The summed E-state index contributed by atoms with van der Waals surface area (Å²) >= 11 is 3.31. The number of anilines is 1. The van der Waals surface area contributed by atoms with Gasteiger partial charge in [-0.3, -0.25) is 15.6 Å². The predicted octanol–water partition coefficient (Wildman–Crippen LogP) is 4.71. The van der Waals surface area contributed by atoms with Gasteiger partial charge in [0.2, 0.25) is 5.91 Å². The average Bonchev–Trinajstić information content (AvgIpc) is 3.34. The second-order valence-corrected chi connectivity index (χ2v) is 6.57. The molecule has 0 bridgehead atoms. The Balaban J connectivity index is 1.63. The van der Waals surface area contributed by atoms with E-state index >= 15 is 0 Å². The number of hydrazine groups is 1. The summed E-state index contributed by atoms with van der Waals surface area (Å²) in [6.07, 6.45) is -3.99. The topological polar surface area (TPSA) is 41.1 Å². The summed E-state index contributed by atoms with van der Waals surface area (Å²) in [6.45, 7) is 0. The Kier molecular flexibility index (Phi) is 4.54. The largest absolute Gasteiger partial charge is 0.416 e. The van der Waals surface area contributed by atoms with Gasteiger partial charge in [-0.05, 0) is 48.2 Å². The van der Waals surface area contributed by atoms with Gasteiger partial charge in [-0.25, -0.2) is 0 Å². The number of carbonyl (C=O) groups excluding carboxylic acids is 1. The van der Waals surface area contributed by atoms with Crippen LogP contribution in [-0.2, 0) is 11.0 Å². The van der Waals surface area contributed by atoms with Crippen molar-refractivity contribution in [2.24, 2.45) is 5.92 Å². The van der Waals surface area contributed by atoms with E-state index in [0.717, 1.165) is 10.5 Å². The lowest BCUT2D eigenvalue weighted by molar-refractivity contribution is -0.138. The van der Waals surface area contributed by atoms with Gasteiger partial charge in [0, 0.05) is 10.4 Å². The first kappa shape index (κ1) is 16.8. The molecule has 0 aromatic heterocycles. The molecule has 7 heteroatoms. The minimum atomic E-state index is -4.41. The van der Waals surface area contributed by atoms with E-state index in [-0.39, 0.29) is 11.5 Å². The molecule has 2 N–H and O–H groups in total. The molecule has 1 saturated carbocycles. The van der Waals surface area contributed by atoms with Gasteiger partial charge in [-0.15, -0.1) is 0 Å². The molecule has 0 unspecified atom stereocenters. The summed E-state index contributed by atoms with van der Waals surface area (Å²) in [4.78, 5) is 12.1. The van der Waals surface area contributed by atoms with Gasteiger partial charge >= 0.3 is 6.18 Å². The number of amides is 1. The molecule has 3 rings (SSSR count). The molecule has 2 aromatic carbocycles. The maximum absolute atomic E-state index is 13.0. The number of carbonyl (C=O) groups is 1. The molecule has 0 saturated heterocycles. The van der Waals surface area contributed by atoms with E-state index in [1.54, 1.807) is 18.2 Å². The van der Waals surface area contributed by atoms with Gasteiger partial charge in [-0.2, -0.15) is 13.2 Å². The SMILES string of the molecule is O=C(NNc1ccc(Br)cc1)[C@H]1C[C@H]1c1ccccc1C(F)(F)F. The van der Waals surface area contributed by atoms with Crippen molar-refractivity contribution in [1.29, 1.82) is 0 Å². The van der Waals surface area contributed by atoms with Crippen LogP contribution in [0.1, 0.15) is 23.5 Å². The molecule has 0 radical (unpaired) electrons. The summed E-state index contributed by atoms with van der Waals surface area (Å²) in [5.41, 5.74) is 5.54. The van der Waals surface area contributed by atoms with Crippen LogP contribution < -0.4 is 10.9 Å². The maximum atomic E-state index is 13.0. The third-order valence-electron chi connectivity index (χ3n) is 3.97. The lowest BCUT2D eigenvalue weighted by Crippen LogP contribution is -2.31.